The molecule has 0 aliphatic carbocycles. The van der Waals surface area contributed by atoms with Crippen LogP contribution in [0.4, 0.5) is 0 Å². The van der Waals surface area contributed by atoms with E-state index in [9.17, 15) is 0 Å². The molecule has 37 heavy (non-hydrogen) atoms. The quantitative estimate of drug-likeness (QED) is 0.180. The van der Waals surface area contributed by atoms with Crippen molar-refractivity contribution in [3.05, 3.63) is 0 Å². The summed E-state index contributed by atoms with van der Waals surface area (Å²) in [5.41, 5.74) is 0.244. The molecular weight excluding hydrogens is 593 g/mol. The first kappa shape index (κ1) is 37.8. The lowest BCUT2D eigenvalue weighted by Gasteiger charge is -2.61. The zero-order valence-corrected chi connectivity index (χ0v) is 31.5. The maximum atomic E-state index is 6.83. The normalized spacial score (nSPS) is 14.9. The molecule has 0 heterocycles. The van der Waals surface area contributed by atoms with Gasteiger partial charge in [-0.1, -0.05) is 0 Å². The van der Waals surface area contributed by atoms with Gasteiger partial charge in [0, 0.05) is 97.5 Å². The topological polar surface area (TPSA) is 120 Å². The smallest absolute Gasteiger partial charge is 0.398 e. The van der Waals surface area contributed by atoms with Crippen molar-refractivity contribution in [2.24, 2.45) is 0 Å². The fraction of sp³-hybridized carbons (Fsp3) is 1.00. The zero-order valence-electron chi connectivity index (χ0n) is 25.5. The number of hydrogen-bond donors (Lipinski definition) is 0. The molecule has 0 rings (SSSR count). The third kappa shape index (κ3) is 6.19. The van der Waals surface area contributed by atoms with Gasteiger partial charge in [-0.3, -0.25) is 0 Å². The van der Waals surface area contributed by atoms with Crippen molar-refractivity contribution in [1.82, 2.24) is 0 Å². The maximum absolute atomic E-state index is 6.83. The molecule has 19 heteroatoms. The van der Waals surface area contributed by atoms with Crippen molar-refractivity contribution < 1.29 is 57.2 Å². The van der Waals surface area contributed by atoms with Crippen LogP contribution in [0.15, 0.2) is 0 Å². The summed E-state index contributed by atoms with van der Waals surface area (Å²) < 4.78 is 79.8. The molecule has 0 radical (unpaired) electrons. The molecule has 224 valence electrons. The molecule has 0 amide bonds. The molecule has 0 saturated heterocycles. The van der Waals surface area contributed by atoms with Crippen LogP contribution in [0, 0.1) is 0 Å². The number of hydrogen-bond acceptors (Lipinski definition) is 13. The molecular formula is C18H50O13Si6. The summed E-state index contributed by atoms with van der Waals surface area (Å²) >= 11 is 0. The van der Waals surface area contributed by atoms with Crippen LogP contribution >= 0.6 is 0 Å². The highest BCUT2D eigenvalue weighted by molar-refractivity contribution is 7.22. The second kappa shape index (κ2) is 14.6. The largest absolute Gasteiger partial charge is 0.505 e. The van der Waals surface area contributed by atoms with E-state index in [1.807, 2.05) is 19.6 Å². The Hall–Kier alpha value is 0.781. The van der Waals surface area contributed by atoms with Crippen LogP contribution in [0.3, 0.4) is 0 Å². The van der Waals surface area contributed by atoms with Gasteiger partial charge in [0.2, 0.25) is 0 Å². The van der Waals surface area contributed by atoms with Crippen molar-refractivity contribution in [2.75, 3.05) is 85.3 Å². The van der Waals surface area contributed by atoms with Crippen molar-refractivity contribution in [3.63, 3.8) is 0 Å². The minimum Gasteiger partial charge on any atom is -0.398 e. The highest BCUT2D eigenvalue weighted by Gasteiger charge is 2.92. The van der Waals surface area contributed by atoms with Crippen LogP contribution in [0.2, 0.25) is 35.8 Å². The molecule has 0 bridgehead atoms. The van der Waals surface area contributed by atoms with Gasteiger partial charge in [-0.25, -0.2) is 0 Å². The fourth-order valence-corrected chi connectivity index (χ4v) is 45.3. The zero-order chi connectivity index (χ0) is 29.4. The van der Waals surface area contributed by atoms with E-state index in [-0.39, 0.29) is 5.67 Å². The van der Waals surface area contributed by atoms with E-state index < -0.39 is 55.8 Å². The van der Waals surface area contributed by atoms with Gasteiger partial charge in [0.1, 0.15) is 0 Å². The average Bonchev–Trinajstić information content (AvgIpc) is 2.95. The summed E-state index contributed by atoms with van der Waals surface area (Å²) in [6, 6.07) is 0. The lowest BCUT2D eigenvalue weighted by Crippen LogP contribution is -2.88. The maximum Gasteiger partial charge on any atom is 0.505 e. The van der Waals surface area contributed by atoms with Crippen molar-refractivity contribution in [1.29, 1.82) is 0 Å². The van der Waals surface area contributed by atoms with Crippen LogP contribution in [0.5, 0.6) is 0 Å². The molecule has 0 spiro atoms. The first-order valence-corrected chi connectivity index (χ1v) is 24.6. The van der Waals surface area contributed by atoms with Crippen LogP contribution < -0.4 is 0 Å². The fourth-order valence-electron chi connectivity index (χ4n) is 4.95. The van der Waals surface area contributed by atoms with E-state index in [0.717, 1.165) is 0 Å². The third-order valence-electron chi connectivity index (χ3n) is 7.63. The standard InChI is InChI=1S/C18H50O13Si6/c1-19-32(13,20-2)17-36(27-9,28-10)18(33(14,21-3)22-4,34(15,23-5)24-6)37(29-11,30-12)31-35(16,25-7)26-8/h17H2,1-16H3. The van der Waals surface area contributed by atoms with Crippen molar-refractivity contribution in [3.8, 4) is 0 Å². The molecule has 0 aliphatic heterocycles. The Bertz CT molecular complexity index is 610. The van der Waals surface area contributed by atoms with E-state index in [1.165, 1.54) is 28.4 Å². The van der Waals surface area contributed by atoms with Crippen LogP contribution in [-0.4, -0.2) is 137 Å². The molecule has 0 aliphatic rings. The van der Waals surface area contributed by atoms with E-state index in [1.54, 1.807) is 63.4 Å². The Morgan fingerprint density at radius 1 is 0.432 bits per heavy atom. The third-order valence-corrected chi connectivity index (χ3v) is 42.5. The van der Waals surface area contributed by atoms with Gasteiger partial charge in [-0.05, 0) is 19.6 Å². The predicted molar refractivity (Wildman–Crippen MR) is 151 cm³/mol. The lowest BCUT2D eigenvalue weighted by molar-refractivity contribution is 0.0712. The molecule has 0 atom stereocenters. The average molecular weight is 643 g/mol. The van der Waals surface area contributed by atoms with Gasteiger partial charge in [-0.15, -0.1) is 0 Å². The van der Waals surface area contributed by atoms with Gasteiger partial charge < -0.3 is 57.2 Å². The van der Waals surface area contributed by atoms with Crippen LogP contribution in [0.25, 0.3) is 0 Å². The van der Waals surface area contributed by atoms with Gasteiger partial charge >= 0.3 is 51.9 Å². The van der Waals surface area contributed by atoms with Gasteiger partial charge in [-0.2, -0.15) is 0 Å². The first-order valence-electron chi connectivity index (χ1n) is 11.5. The Kier molecular flexibility index (Phi) is 14.9. The van der Waals surface area contributed by atoms with E-state index in [4.69, 9.17) is 57.2 Å². The monoisotopic (exact) mass is 642 g/mol. The molecule has 13 nitrogen and oxygen atoms in total. The minimum absolute atomic E-state index is 0.244. The van der Waals surface area contributed by atoms with E-state index in [0.29, 0.717) is 0 Å². The molecule has 0 aromatic rings. The van der Waals surface area contributed by atoms with Gasteiger partial charge in [0.15, 0.2) is 3.91 Å². The van der Waals surface area contributed by atoms with Crippen molar-refractivity contribution >= 4 is 51.9 Å². The summed E-state index contributed by atoms with van der Waals surface area (Å²) in [4.78, 5) is 0. The molecule has 0 N–H and O–H groups in total. The molecule has 0 saturated carbocycles. The van der Waals surface area contributed by atoms with E-state index >= 15 is 0 Å². The summed E-state index contributed by atoms with van der Waals surface area (Å²) in [6.45, 7) is 7.40. The Morgan fingerprint density at radius 3 is 1.00 bits per heavy atom. The Balaban J connectivity index is 8.54. The second-order valence-electron chi connectivity index (χ2n) is 8.68. The lowest BCUT2D eigenvalue weighted by atomic mass is 11.7. The molecule has 0 aromatic carbocycles. The summed E-state index contributed by atoms with van der Waals surface area (Å²) in [5, 5.41) is 0. The Morgan fingerprint density at radius 2 is 0.784 bits per heavy atom. The predicted octanol–water partition coefficient (Wildman–Crippen LogP) is 1.82. The van der Waals surface area contributed by atoms with Crippen molar-refractivity contribution in [2.45, 2.75) is 35.8 Å². The SMILES string of the molecule is CO[Si](C)(C[Si](OC)(OC)C([Si](C)(OC)OC)([Si](C)(OC)OC)[Si](OC)(OC)O[Si](C)(OC)OC)OC. The second-order valence-corrected chi connectivity index (χ2v) is 32.2. The molecule has 0 unspecified atom stereocenters. The molecule has 0 fully saturated rings. The van der Waals surface area contributed by atoms with Crippen LogP contribution in [0.1, 0.15) is 0 Å². The van der Waals surface area contributed by atoms with Gasteiger partial charge in [0.05, 0.1) is 0 Å². The minimum atomic E-state index is -4.20. The number of rotatable bonds is 20. The molecule has 0 aromatic heterocycles. The highest BCUT2D eigenvalue weighted by Crippen LogP contribution is 2.63. The summed E-state index contributed by atoms with van der Waals surface area (Å²) in [6.07, 6.45) is 0. The highest BCUT2D eigenvalue weighted by atomic mass is 28.6. The van der Waals surface area contributed by atoms with Crippen LogP contribution in [-0.2, 0) is 57.2 Å². The Labute approximate surface area is 229 Å². The van der Waals surface area contributed by atoms with E-state index in [2.05, 4.69) is 0 Å². The summed E-state index contributed by atoms with van der Waals surface area (Å²) in [7, 11) is -3.00. The first-order chi connectivity index (χ1) is 17.1. The van der Waals surface area contributed by atoms with Gasteiger partial charge in [0.25, 0.3) is 0 Å². The summed E-state index contributed by atoms with van der Waals surface area (Å²) in [5.74, 6) is 0.